The predicted molar refractivity (Wildman–Crippen MR) is 99.7 cm³/mol. The Morgan fingerprint density at radius 1 is 1.31 bits per heavy atom. The highest BCUT2D eigenvalue weighted by Gasteiger charge is 2.39. The van der Waals surface area contributed by atoms with Crippen LogP contribution in [-0.2, 0) is 19.1 Å². The molecule has 6 atom stereocenters. The van der Waals surface area contributed by atoms with Crippen molar-refractivity contribution in [3.8, 4) is 0 Å². The largest absolute Gasteiger partial charge is 0.462 e. The molecule has 0 amide bonds. The van der Waals surface area contributed by atoms with Gasteiger partial charge in [0.2, 0.25) is 0 Å². The fraction of sp³-hybridized carbons (Fsp3) is 0.882. The molecule has 0 saturated carbocycles. The van der Waals surface area contributed by atoms with E-state index in [9.17, 15) is 24.9 Å². The Bertz CT molecular complexity index is 513. The number of esters is 1. The number of aliphatic hydroxyl groups is 3. The van der Waals surface area contributed by atoms with Crippen molar-refractivity contribution >= 4 is 33.3 Å². The van der Waals surface area contributed by atoms with Gasteiger partial charge in [0, 0.05) is 29.8 Å². The lowest BCUT2D eigenvalue weighted by Gasteiger charge is -2.36. The maximum Gasteiger partial charge on any atom is 0.310 e. The maximum atomic E-state index is 12.5. The van der Waals surface area contributed by atoms with E-state index >= 15 is 0 Å². The molecule has 6 unspecified atom stereocenters. The molecule has 3 N–H and O–H groups in total. The zero-order valence-corrected chi connectivity index (χ0v) is 16.9. The summed E-state index contributed by atoms with van der Waals surface area (Å²) in [6.45, 7) is 5.38. The van der Waals surface area contributed by atoms with Crippen LogP contribution in [0.3, 0.4) is 0 Å². The second-order valence-electron chi connectivity index (χ2n) is 7.66. The van der Waals surface area contributed by atoms with Crippen molar-refractivity contribution in [3.05, 3.63) is 0 Å². The van der Waals surface area contributed by atoms with Crippen molar-refractivity contribution < 1.29 is 34.4 Å². The van der Waals surface area contributed by atoms with Gasteiger partial charge in [0.15, 0.2) is 0 Å². The molecule has 0 aromatic rings. The zero-order chi connectivity index (χ0) is 19.5. The quantitative estimate of drug-likeness (QED) is 0.459. The molecule has 0 aliphatic carbocycles. The van der Waals surface area contributed by atoms with Gasteiger partial charge in [-0.15, -0.1) is 0 Å². The smallest absolute Gasteiger partial charge is 0.310 e. The van der Waals surface area contributed by atoms with Crippen LogP contribution < -0.4 is 0 Å². The first-order valence-electron chi connectivity index (χ1n) is 8.76. The van der Waals surface area contributed by atoms with Crippen LogP contribution in [0.4, 0.5) is 0 Å². The molecule has 2 fully saturated rings. The third kappa shape index (κ3) is 5.59. The van der Waals surface area contributed by atoms with E-state index in [0.29, 0.717) is 5.75 Å². The normalized spacial score (nSPS) is 36.7. The van der Waals surface area contributed by atoms with Crippen molar-refractivity contribution in [2.45, 2.75) is 64.1 Å². The summed E-state index contributed by atoms with van der Waals surface area (Å²) in [5.74, 6) is 0.378. The van der Waals surface area contributed by atoms with Crippen molar-refractivity contribution in [1.82, 2.24) is 0 Å². The molecule has 9 heteroatoms. The molecule has 2 saturated heterocycles. The van der Waals surface area contributed by atoms with Crippen molar-refractivity contribution in [2.24, 2.45) is 11.3 Å². The van der Waals surface area contributed by atoms with Gasteiger partial charge in [-0.05, 0) is 6.92 Å². The van der Waals surface area contributed by atoms with Gasteiger partial charge in [0.05, 0.1) is 18.6 Å². The Morgan fingerprint density at radius 2 is 2.00 bits per heavy atom. The number of hydrogen-bond donors (Lipinski definition) is 3. The topological polar surface area (TPSA) is 113 Å². The van der Waals surface area contributed by atoms with E-state index in [1.807, 2.05) is 13.8 Å². The molecule has 0 aromatic carbocycles. The Labute approximate surface area is 161 Å². The summed E-state index contributed by atoms with van der Waals surface area (Å²) < 4.78 is 10.8. The summed E-state index contributed by atoms with van der Waals surface area (Å²) in [5, 5.41) is 29.2. The minimum absolute atomic E-state index is 0.0584. The maximum absolute atomic E-state index is 12.5. The number of rotatable bonds is 4. The van der Waals surface area contributed by atoms with Gasteiger partial charge >= 0.3 is 5.97 Å². The van der Waals surface area contributed by atoms with Gasteiger partial charge in [-0.25, -0.2) is 0 Å². The summed E-state index contributed by atoms with van der Waals surface area (Å²) in [5.41, 5.74) is -0.459. The molecule has 2 aliphatic rings. The SMILES string of the molecule is CC(CC1OCC(O)C(O)C1O)OC(=O)C1CSSCC(C)(C)C(=O)C1. The van der Waals surface area contributed by atoms with Crippen LogP contribution in [-0.4, -0.2) is 75.7 Å². The lowest BCUT2D eigenvalue weighted by atomic mass is 9.85. The van der Waals surface area contributed by atoms with Crippen LogP contribution in [0, 0.1) is 11.3 Å². The summed E-state index contributed by atoms with van der Waals surface area (Å²) in [7, 11) is 3.16. The number of hydrogen-bond acceptors (Lipinski definition) is 9. The first-order valence-corrected chi connectivity index (χ1v) is 11.2. The fourth-order valence-electron chi connectivity index (χ4n) is 2.85. The third-order valence-corrected chi connectivity index (χ3v) is 7.59. The average molecular weight is 409 g/mol. The van der Waals surface area contributed by atoms with Gasteiger partial charge in [-0.3, -0.25) is 9.59 Å². The first kappa shape index (κ1) is 22.0. The van der Waals surface area contributed by atoms with E-state index in [0.717, 1.165) is 5.75 Å². The zero-order valence-electron chi connectivity index (χ0n) is 15.3. The van der Waals surface area contributed by atoms with Crippen LogP contribution in [0.5, 0.6) is 0 Å². The first-order chi connectivity index (χ1) is 12.1. The van der Waals surface area contributed by atoms with Gasteiger partial charge in [0.25, 0.3) is 0 Å². The summed E-state index contributed by atoms with van der Waals surface area (Å²) in [6, 6.07) is 0. The number of carbonyl (C=O) groups is 2. The number of Topliss-reactive ketones (excluding diaryl/α,β-unsaturated/α-hetero) is 1. The van der Waals surface area contributed by atoms with Gasteiger partial charge < -0.3 is 24.8 Å². The number of ketones is 1. The molecule has 0 aromatic heterocycles. The Hall–Kier alpha value is -0.320. The second kappa shape index (κ2) is 9.25. The van der Waals surface area contributed by atoms with Crippen molar-refractivity contribution in [1.29, 1.82) is 0 Å². The molecule has 26 heavy (non-hydrogen) atoms. The summed E-state index contributed by atoms with van der Waals surface area (Å²) >= 11 is 0. The Balaban J connectivity index is 1.88. The molecule has 2 heterocycles. The van der Waals surface area contributed by atoms with E-state index < -0.39 is 47.8 Å². The third-order valence-electron chi connectivity index (χ3n) is 4.78. The number of ether oxygens (including phenoxy) is 2. The van der Waals surface area contributed by atoms with E-state index in [2.05, 4.69) is 0 Å². The number of aliphatic hydroxyl groups excluding tert-OH is 3. The fourth-order valence-corrected chi connectivity index (χ4v) is 5.82. The lowest BCUT2D eigenvalue weighted by molar-refractivity contribution is -0.195. The van der Waals surface area contributed by atoms with Crippen LogP contribution in [0.1, 0.15) is 33.6 Å². The molecule has 2 aliphatic heterocycles. The standard InChI is InChI=1S/C17H28O7S2/c1-9(4-12-15(21)14(20)11(18)6-23-12)24-16(22)10-5-13(19)17(2,3)8-26-25-7-10/h9-12,14-15,18,20-21H,4-8H2,1-3H3. The molecule has 0 spiro atoms. The molecular weight excluding hydrogens is 380 g/mol. The van der Waals surface area contributed by atoms with Gasteiger partial charge in [-0.1, -0.05) is 35.4 Å². The highest BCUT2D eigenvalue weighted by Crippen LogP contribution is 2.37. The van der Waals surface area contributed by atoms with Crippen LogP contribution in [0.15, 0.2) is 0 Å². The van der Waals surface area contributed by atoms with Crippen LogP contribution >= 0.6 is 21.6 Å². The van der Waals surface area contributed by atoms with Crippen molar-refractivity contribution in [3.63, 3.8) is 0 Å². The monoisotopic (exact) mass is 408 g/mol. The molecular formula is C17H28O7S2. The van der Waals surface area contributed by atoms with Crippen LogP contribution in [0.2, 0.25) is 0 Å². The molecule has 150 valence electrons. The number of carbonyl (C=O) groups excluding carboxylic acids is 2. The predicted octanol–water partition coefficient (Wildman–Crippen LogP) is 0.786. The lowest BCUT2D eigenvalue weighted by Crippen LogP contribution is -2.53. The molecule has 0 radical (unpaired) electrons. The van der Waals surface area contributed by atoms with E-state index in [-0.39, 0.29) is 25.2 Å². The highest BCUT2D eigenvalue weighted by molar-refractivity contribution is 8.76. The summed E-state index contributed by atoms with van der Waals surface area (Å²) in [4.78, 5) is 24.9. The Morgan fingerprint density at radius 3 is 2.69 bits per heavy atom. The minimum Gasteiger partial charge on any atom is -0.462 e. The van der Waals surface area contributed by atoms with Gasteiger partial charge in [-0.2, -0.15) is 0 Å². The van der Waals surface area contributed by atoms with E-state index in [1.54, 1.807) is 28.5 Å². The molecule has 2 rings (SSSR count). The molecule has 7 nitrogen and oxygen atoms in total. The minimum atomic E-state index is -1.28. The average Bonchev–Trinajstić information content (AvgIpc) is 2.56. The molecule has 0 bridgehead atoms. The summed E-state index contributed by atoms with van der Waals surface area (Å²) in [6.07, 6.45) is -4.55. The van der Waals surface area contributed by atoms with Crippen LogP contribution in [0.25, 0.3) is 0 Å². The second-order valence-corrected chi connectivity index (χ2v) is 10.2. The van der Waals surface area contributed by atoms with E-state index in [1.165, 1.54) is 0 Å². The van der Waals surface area contributed by atoms with Gasteiger partial charge in [0.1, 0.15) is 30.2 Å². The highest BCUT2D eigenvalue weighted by atomic mass is 33.1. The van der Waals surface area contributed by atoms with E-state index in [4.69, 9.17) is 9.47 Å². The Kier molecular flexibility index (Phi) is 7.82. The van der Waals surface area contributed by atoms with Crippen molar-refractivity contribution in [2.75, 3.05) is 18.1 Å².